The molecule has 2 amide bonds. The number of tetrazole rings is 1. The minimum Gasteiger partial charge on any atom is -0.324 e. The standard InChI is InChI=1S/C16H22N6O/c1-12(2)22-19-15(18-20-22)17-16(23)21-10-6-9-14(11-21)13-7-4-3-5-8-13/h3-5,7-8,12,14H,6,9-11H2,1-2H3,(H,17,19,23). The number of hydrogen-bond acceptors (Lipinski definition) is 4. The van der Waals surface area contributed by atoms with Crippen LogP contribution in [0.1, 0.15) is 44.2 Å². The number of rotatable bonds is 3. The molecule has 0 radical (unpaired) electrons. The van der Waals surface area contributed by atoms with Gasteiger partial charge in [-0.25, -0.2) is 4.79 Å². The van der Waals surface area contributed by atoms with Gasteiger partial charge in [-0.2, -0.15) is 4.80 Å². The lowest BCUT2D eigenvalue weighted by atomic mass is 9.91. The molecule has 122 valence electrons. The van der Waals surface area contributed by atoms with Gasteiger partial charge in [0.05, 0.1) is 6.04 Å². The van der Waals surface area contributed by atoms with Crippen LogP contribution in [-0.2, 0) is 0 Å². The van der Waals surface area contributed by atoms with Crippen LogP contribution >= 0.6 is 0 Å². The Balaban J connectivity index is 1.62. The lowest BCUT2D eigenvalue weighted by Crippen LogP contribution is -2.41. The molecule has 0 spiro atoms. The van der Waals surface area contributed by atoms with Gasteiger partial charge < -0.3 is 4.90 Å². The number of nitrogens with one attached hydrogen (secondary N) is 1. The van der Waals surface area contributed by atoms with Crippen molar-refractivity contribution in [3.63, 3.8) is 0 Å². The molecule has 1 saturated heterocycles. The van der Waals surface area contributed by atoms with Crippen molar-refractivity contribution in [1.82, 2.24) is 25.1 Å². The van der Waals surface area contributed by atoms with Gasteiger partial charge in [-0.3, -0.25) is 5.32 Å². The number of nitrogens with zero attached hydrogens (tertiary/aromatic N) is 5. The van der Waals surface area contributed by atoms with Gasteiger partial charge in [-0.05, 0) is 37.5 Å². The monoisotopic (exact) mass is 314 g/mol. The van der Waals surface area contributed by atoms with Crippen LogP contribution in [0.25, 0.3) is 0 Å². The number of aromatic nitrogens is 4. The molecular formula is C16H22N6O. The second-order valence-electron chi connectivity index (χ2n) is 6.15. The molecule has 1 fully saturated rings. The summed E-state index contributed by atoms with van der Waals surface area (Å²) < 4.78 is 0. The Labute approximate surface area is 135 Å². The predicted octanol–water partition coefficient (Wildman–Crippen LogP) is 2.67. The number of carbonyl (C=O) groups excluding carboxylic acids is 1. The van der Waals surface area contributed by atoms with Gasteiger partial charge >= 0.3 is 6.03 Å². The third kappa shape index (κ3) is 3.67. The van der Waals surface area contributed by atoms with Crippen LogP contribution in [-0.4, -0.2) is 44.2 Å². The number of anilines is 1. The Morgan fingerprint density at radius 1 is 1.30 bits per heavy atom. The van der Waals surface area contributed by atoms with Crippen LogP contribution in [0.5, 0.6) is 0 Å². The van der Waals surface area contributed by atoms with Crippen LogP contribution in [0.2, 0.25) is 0 Å². The number of amides is 2. The Morgan fingerprint density at radius 3 is 2.78 bits per heavy atom. The fourth-order valence-electron chi connectivity index (χ4n) is 2.83. The molecule has 2 aromatic rings. The van der Waals surface area contributed by atoms with E-state index in [1.54, 1.807) is 0 Å². The molecule has 0 saturated carbocycles. The maximum absolute atomic E-state index is 12.4. The highest BCUT2D eigenvalue weighted by molar-refractivity contribution is 5.87. The molecule has 1 atom stereocenters. The van der Waals surface area contributed by atoms with Crippen LogP contribution in [0.4, 0.5) is 10.7 Å². The van der Waals surface area contributed by atoms with Crippen molar-refractivity contribution >= 4 is 12.0 Å². The molecule has 1 N–H and O–H groups in total. The van der Waals surface area contributed by atoms with Gasteiger partial charge in [0, 0.05) is 19.0 Å². The first kappa shape index (κ1) is 15.5. The van der Waals surface area contributed by atoms with E-state index < -0.39 is 0 Å². The van der Waals surface area contributed by atoms with E-state index >= 15 is 0 Å². The fourth-order valence-corrected chi connectivity index (χ4v) is 2.83. The molecular weight excluding hydrogens is 292 g/mol. The summed E-state index contributed by atoms with van der Waals surface area (Å²) in [6.07, 6.45) is 2.11. The second kappa shape index (κ2) is 6.76. The van der Waals surface area contributed by atoms with Crippen LogP contribution in [0, 0.1) is 0 Å². The molecule has 1 aromatic carbocycles. The first-order valence-corrected chi connectivity index (χ1v) is 8.04. The summed E-state index contributed by atoms with van der Waals surface area (Å²) in [6.45, 7) is 5.40. The molecule has 7 heteroatoms. The van der Waals surface area contributed by atoms with E-state index in [9.17, 15) is 4.79 Å². The summed E-state index contributed by atoms with van der Waals surface area (Å²) in [5.74, 6) is 0.639. The molecule has 1 aliphatic rings. The molecule has 0 aliphatic carbocycles. The van der Waals surface area contributed by atoms with Crippen molar-refractivity contribution in [2.75, 3.05) is 18.4 Å². The van der Waals surface area contributed by atoms with Crippen LogP contribution in [0.3, 0.4) is 0 Å². The maximum atomic E-state index is 12.4. The maximum Gasteiger partial charge on any atom is 0.324 e. The Bertz CT molecular complexity index is 654. The molecule has 1 aromatic heterocycles. The summed E-state index contributed by atoms with van der Waals surface area (Å²) in [6, 6.07) is 10.3. The van der Waals surface area contributed by atoms with Crippen molar-refractivity contribution in [2.24, 2.45) is 0 Å². The Kier molecular flexibility index (Phi) is 4.55. The highest BCUT2D eigenvalue weighted by Gasteiger charge is 2.25. The van der Waals surface area contributed by atoms with Gasteiger partial charge in [-0.1, -0.05) is 35.4 Å². The summed E-state index contributed by atoms with van der Waals surface area (Å²) in [5.41, 5.74) is 1.29. The zero-order chi connectivity index (χ0) is 16.2. The number of hydrogen-bond donors (Lipinski definition) is 1. The molecule has 3 rings (SSSR count). The first-order valence-electron chi connectivity index (χ1n) is 8.04. The van der Waals surface area contributed by atoms with Crippen LogP contribution in [0.15, 0.2) is 30.3 Å². The smallest absolute Gasteiger partial charge is 0.324 e. The zero-order valence-electron chi connectivity index (χ0n) is 13.5. The summed E-state index contributed by atoms with van der Waals surface area (Å²) in [5, 5.41) is 14.7. The molecule has 0 bridgehead atoms. The lowest BCUT2D eigenvalue weighted by Gasteiger charge is -2.32. The highest BCUT2D eigenvalue weighted by atomic mass is 16.2. The van der Waals surface area contributed by atoms with E-state index in [0.717, 1.165) is 19.4 Å². The van der Waals surface area contributed by atoms with Crippen molar-refractivity contribution < 1.29 is 4.79 Å². The van der Waals surface area contributed by atoms with E-state index in [-0.39, 0.29) is 18.0 Å². The average molecular weight is 314 g/mol. The van der Waals surface area contributed by atoms with Crippen molar-refractivity contribution in [3.05, 3.63) is 35.9 Å². The SMILES string of the molecule is CC(C)n1nnc(NC(=O)N2CCCC(c3ccccc3)C2)n1. The minimum absolute atomic E-state index is 0.116. The van der Waals surface area contributed by atoms with Crippen molar-refractivity contribution in [2.45, 2.75) is 38.6 Å². The number of benzene rings is 1. The van der Waals surface area contributed by atoms with Gasteiger partial charge in [0.15, 0.2) is 0 Å². The van der Waals surface area contributed by atoms with Crippen molar-refractivity contribution in [1.29, 1.82) is 0 Å². The van der Waals surface area contributed by atoms with Gasteiger partial charge in [-0.15, -0.1) is 5.10 Å². The minimum atomic E-state index is -0.158. The van der Waals surface area contributed by atoms with E-state index in [4.69, 9.17) is 0 Å². The summed E-state index contributed by atoms with van der Waals surface area (Å²) in [4.78, 5) is 15.7. The normalized spacial score (nSPS) is 18.2. The van der Waals surface area contributed by atoms with Gasteiger partial charge in [0.25, 0.3) is 5.95 Å². The van der Waals surface area contributed by atoms with Crippen LogP contribution < -0.4 is 5.32 Å². The van der Waals surface area contributed by atoms with Crippen molar-refractivity contribution in [3.8, 4) is 0 Å². The third-order valence-corrected chi connectivity index (χ3v) is 4.09. The lowest BCUT2D eigenvalue weighted by molar-refractivity contribution is 0.192. The Hall–Kier alpha value is -2.44. The molecule has 2 heterocycles. The average Bonchev–Trinajstić information content (AvgIpc) is 3.04. The number of piperidine rings is 1. The van der Waals surface area contributed by atoms with E-state index in [0.29, 0.717) is 12.5 Å². The topological polar surface area (TPSA) is 75.9 Å². The van der Waals surface area contributed by atoms with Gasteiger partial charge in [0.1, 0.15) is 0 Å². The van der Waals surface area contributed by atoms with Gasteiger partial charge in [0.2, 0.25) is 0 Å². The Morgan fingerprint density at radius 2 is 2.09 bits per heavy atom. The largest absolute Gasteiger partial charge is 0.324 e. The van der Waals surface area contributed by atoms with E-state index in [1.807, 2.05) is 36.9 Å². The molecule has 1 unspecified atom stereocenters. The quantitative estimate of drug-likeness (QED) is 0.945. The third-order valence-electron chi connectivity index (χ3n) is 4.09. The zero-order valence-corrected chi connectivity index (χ0v) is 13.5. The number of carbonyl (C=O) groups is 1. The number of likely N-dealkylation sites (tertiary alicyclic amines) is 1. The van der Waals surface area contributed by atoms with E-state index in [1.165, 1.54) is 10.4 Å². The second-order valence-corrected chi connectivity index (χ2v) is 6.15. The predicted molar refractivity (Wildman–Crippen MR) is 87.2 cm³/mol. The first-order chi connectivity index (χ1) is 11.1. The molecule has 23 heavy (non-hydrogen) atoms. The summed E-state index contributed by atoms with van der Waals surface area (Å²) >= 11 is 0. The fraction of sp³-hybridized carbons (Fsp3) is 0.500. The summed E-state index contributed by atoms with van der Waals surface area (Å²) in [7, 11) is 0. The number of urea groups is 1. The van der Waals surface area contributed by atoms with E-state index in [2.05, 4.69) is 32.9 Å². The highest BCUT2D eigenvalue weighted by Crippen LogP contribution is 2.26. The molecule has 7 nitrogen and oxygen atoms in total. The molecule has 1 aliphatic heterocycles.